The molecule has 3 rings (SSSR count). The molecule has 0 saturated carbocycles. The number of nitrogens with one attached hydrogen (secondary N) is 1. The number of aryl methyl sites for hydroxylation is 2. The molecule has 1 aliphatic heterocycles. The molecule has 3 nitrogen and oxygen atoms in total. The van der Waals surface area contributed by atoms with Crippen LogP contribution in [-0.4, -0.2) is 16.3 Å². The lowest BCUT2D eigenvalue weighted by molar-refractivity contribution is 0.476. The second kappa shape index (κ2) is 4.97. The van der Waals surface area contributed by atoms with E-state index in [1.807, 2.05) is 0 Å². The van der Waals surface area contributed by atoms with Crippen LogP contribution in [0.4, 0.5) is 5.82 Å². The highest BCUT2D eigenvalue weighted by molar-refractivity contribution is 5.43. The predicted molar refractivity (Wildman–Crippen MR) is 83.5 cm³/mol. The molecule has 0 radical (unpaired) electrons. The second-order valence-corrected chi connectivity index (χ2v) is 6.13. The van der Waals surface area contributed by atoms with E-state index in [-0.39, 0.29) is 0 Å². The Balaban J connectivity index is 2.02. The fourth-order valence-corrected chi connectivity index (χ4v) is 2.80. The van der Waals surface area contributed by atoms with Crippen LogP contribution >= 0.6 is 0 Å². The highest BCUT2D eigenvalue weighted by Gasteiger charge is 2.23. The molecule has 1 atom stereocenters. The molecule has 0 fully saturated rings. The first kappa shape index (κ1) is 13.2. The quantitative estimate of drug-likeness (QED) is 0.892. The first-order valence-electron chi connectivity index (χ1n) is 7.46. The molecule has 0 aliphatic carbocycles. The fourth-order valence-electron chi connectivity index (χ4n) is 2.80. The molecule has 20 heavy (non-hydrogen) atoms. The molecule has 0 amide bonds. The van der Waals surface area contributed by atoms with Gasteiger partial charge in [0.2, 0.25) is 0 Å². The lowest BCUT2D eigenvalue weighted by Crippen LogP contribution is -2.24. The van der Waals surface area contributed by atoms with Gasteiger partial charge in [-0.2, -0.15) is 5.10 Å². The topological polar surface area (TPSA) is 29.9 Å². The molecule has 0 saturated heterocycles. The minimum Gasteiger partial charge on any atom is -0.370 e. The lowest BCUT2D eigenvalue weighted by atomic mass is 9.98. The average Bonchev–Trinajstić information content (AvgIpc) is 2.86. The van der Waals surface area contributed by atoms with Crippen molar-refractivity contribution in [3.05, 3.63) is 46.6 Å². The first-order valence-corrected chi connectivity index (χ1v) is 7.46. The summed E-state index contributed by atoms with van der Waals surface area (Å²) in [6.07, 6.45) is 1.09. The summed E-state index contributed by atoms with van der Waals surface area (Å²) in [5.74, 6) is 1.62. The maximum atomic E-state index is 4.81. The van der Waals surface area contributed by atoms with E-state index < -0.39 is 0 Å². The molecule has 1 unspecified atom stereocenters. The Hall–Kier alpha value is -1.77. The number of nitrogens with zero attached hydrogens (tertiary/aromatic N) is 2. The third-order valence-electron chi connectivity index (χ3n) is 4.28. The Bertz CT molecular complexity index is 625. The van der Waals surface area contributed by atoms with Crippen LogP contribution in [0.15, 0.2) is 24.3 Å². The third-order valence-corrected chi connectivity index (χ3v) is 4.28. The third kappa shape index (κ3) is 2.21. The van der Waals surface area contributed by atoms with Gasteiger partial charge in [-0.15, -0.1) is 0 Å². The van der Waals surface area contributed by atoms with Gasteiger partial charge in [-0.05, 0) is 42.9 Å². The molecule has 2 aromatic rings. The van der Waals surface area contributed by atoms with E-state index in [9.17, 15) is 0 Å². The van der Waals surface area contributed by atoms with Crippen LogP contribution in [-0.2, 0) is 0 Å². The Kier molecular flexibility index (Phi) is 3.28. The highest BCUT2D eigenvalue weighted by atomic mass is 15.4. The van der Waals surface area contributed by atoms with Crippen LogP contribution in [0.5, 0.6) is 0 Å². The van der Waals surface area contributed by atoms with Crippen molar-refractivity contribution in [1.82, 2.24) is 9.78 Å². The van der Waals surface area contributed by atoms with Crippen LogP contribution in [0.1, 0.15) is 54.6 Å². The van der Waals surface area contributed by atoms with E-state index in [2.05, 4.69) is 62.0 Å². The zero-order valence-corrected chi connectivity index (χ0v) is 12.8. The molecular formula is C17H23N3. The van der Waals surface area contributed by atoms with Crippen molar-refractivity contribution in [2.75, 3.05) is 11.9 Å². The van der Waals surface area contributed by atoms with E-state index in [0.717, 1.165) is 18.8 Å². The Morgan fingerprint density at radius 1 is 1.20 bits per heavy atom. The minimum absolute atomic E-state index is 0.359. The van der Waals surface area contributed by atoms with Gasteiger partial charge >= 0.3 is 0 Å². The lowest BCUT2D eigenvalue weighted by Gasteiger charge is -2.26. The van der Waals surface area contributed by atoms with Gasteiger partial charge in [-0.1, -0.05) is 32.0 Å². The molecule has 1 aromatic carbocycles. The molecular weight excluding hydrogens is 246 g/mol. The van der Waals surface area contributed by atoms with Crippen LogP contribution in [0.3, 0.4) is 0 Å². The van der Waals surface area contributed by atoms with Crippen molar-refractivity contribution in [2.24, 2.45) is 0 Å². The minimum atomic E-state index is 0.359. The number of hydrogen-bond donors (Lipinski definition) is 1. The summed E-state index contributed by atoms with van der Waals surface area (Å²) in [5, 5.41) is 8.28. The largest absolute Gasteiger partial charge is 0.370 e. The van der Waals surface area contributed by atoms with Gasteiger partial charge in [-0.25, -0.2) is 4.68 Å². The van der Waals surface area contributed by atoms with Crippen molar-refractivity contribution in [1.29, 1.82) is 0 Å². The normalized spacial score (nSPS) is 17.9. The summed E-state index contributed by atoms with van der Waals surface area (Å²) in [6, 6.07) is 9.33. The molecule has 1 aliphatic rings. The molecule has 2 heterocycles. The fraction of sp³-hybridized carbons (Fsp3) is 0.471. The van der Waals surface area contributed by atoms with Crippen molar-refractivity contribution in [3.8, 4) is 0 Å². The molecule has 0 spiro atoms. The van der Waals surface area contributed by atoms with Crippen molar-refractivity contribution >= 4 is 5.82 Å². The monoisotopic (exact) mass is 269 g/mol. The second-order valence-electron chi connectivity index (χ2n) is 6.13. The molecule has 1 N–H and O–H groups in total. The number of rotatable bonds is 2. The Morgan fingerprint density at radius 3 is 2.70 bits per heavy atom. The summed E-state index contributed by atoms with van der Waals surface area (Å²) < 4.78 is 2.17. The van der Waals surface area contributed by atoms with Crippen LogP contribution in [0.2, 0.25) is 0 Å². The summed E-state index contributed by atoms with van der Waals surface area (Å²) in [5.41, 5.74) is 5.25. The SMILES string of the molecule is Cc1ccc(C2CCNc3cc(C(C)C)nn32)cc1C. The number of benzene rings is 1. The molecule has 1 aromatic heterocycles. The zero-order chi connectivity index (χ0) is 14.3. The maximum absolute atomic E-state index is 4.81. The summed E-state index contributed by atoms with van der Waals surface area (Å²) in [6.45, 7) is 9.75. The number of aromatic nitrogens is 2. The standard InChI is InChI=1S/C17H23N3/c1-11(2)15-10-17-18-8-7-16(20(17)19-15)14-6-5-12(3)13(4)9-14/h5-6,9-11,16,18H,7-8H2,1-4H3. The average molecular weight is 269 g/mol. The van der Waals surface area contributed by atoms with Gasteiger partial charge in [0.1, 0.15) is 5.82 Å². The van der Waals surface area contributed by atoms with Crippen molar-refractivity contribution in [2.45, 2.75) is 46.1 Å². The van der Waals surface area contributed by atoms with E-state index in [1.165, 1.54) is 22.4 Å². The van der Waals surface area contributed by atoms with Gasteiger partial charge in [0, 0.05) is 12.6 Å². The Morgan fingerprint density at radius 2 is 2.00 bits per heavy atom. The van der Waals surface area contributed by atoms with Crippen LogP contribution in [0, 0.1) is 13.8 Å². The maximum Gasteiger partial charge on any atom is 0.125 e. The van der Waals surface area contributed by atoms with Gasteiger partial charge < -0.3 is 5.32 Å². The van der Waals surface area contributed by atoms with E-state index in [1.54, 1.807) is 0 Å². The highest BCUT2D eigenvalue weighted by Crippen LogP contribution is 2.32. The first-order chi connectivity index (χ1) is 9.56. The van der Waals surface area contributed by atoms with Crippen LogP contribution in [0.25, 0.3) is 0 Å². The van der Waals surface area contributed by atoms with E-state index >= 15 is 0 Å². The smallest absolute Gasteiger partial charge is 0.125 e. The summed E-state index contributed by atoms with van der Waals surface area (Å²) in [7, 11) is 0. The number of fused-ring (bicyclic) bond motifs is 1. The van der Waals surface area contributed by atoms with Gasteiger partial charge in [0.05, 0.1) is 11.7 Å². The predicted octanol–water partition coefficient (Wildman–Crippen LogP) is 4.03. The van der Waals surface area contributed by atoms with Gasteiger partial charge in [-0.3, -0.25) is 0 Å². The van der Waals surface area contributed by atoms with Crippen molar-refractivity contribution in [3.63, 3.8) is 0 Å². The zero-order valence-electron chi connectivity index (χ0n) is 12.8. The molecule has 106 valence electrons. The van der Waals surface area contributed by atoms with E-state index in [4.69, 9.17) is 5.10 Å². The number of anilines is 1. The van der Waals surface area contributed by atoms with Gasteiger partial charge in [0.25, 0.3) is 0 Å². The summed E-state index contributed by atoms with van der Waals surface area (Å²) >= 11 is 0. The molecule has 3 heteroatoms. The summed E-state index contributed by atoms with van der Waals surface area (Å²) in [4.78, 5) is 0. The van der Waals surface area contributed by atoms with Crippen LogP contribution < -0.4 is 5.32 Å². The van der Waals surface area contributed by atoms with Crippen molar-refractivity contribution < 1.29 is 0 Å². The number of hydrogen-bond acceptors (Lipinski definition) is 2. The van der Waals surface area contributed by atoms with E-state index in [0.29, 0.717) is 12.0 Å². The molecule has 0 bridgehead atoms. The Labute approximate surface area is 121 Å². The van der Waals surface area contributed by atoms with Gasteiger partial charge in [0.15, 0.2) is 0 Å².